The topological polar surface area (TPSA) is 75.7 Å². The number of halogens is 2. The molecule has 0 unspecified atom stereocenters. The molecule has 0 bridgehead atoms. The minimum absolute atomic E-state index is 0.0283. The largest absolute Gasteiger partial charge is 0.455 e. The average Bonchev–Trinajstić information content (AvgIpc) is 3.10. The first kappa shape index (κ1) is 20.8. The second-order valence-electron chi connectivity index (χ2n) is 6.81. The van der Waals surface area contributed by atoms with Gasteiger partial charge in [0.1, 0.15) is 5.82 Å². The number of carbonyl (C=O) groups excluding carboxylic acids is 3. The molecule has 3 rings (SSSR count). The Balaban J connectivity index is 1.53. The van der Waals surface area contributed by atoms with Crippen molar-refractivity contribution in [2.24, 2.45) is 5.92 Å². The van der Waals surface area contributed by atoms with Gasteiger partial charge in [0, 0.05) is 18.0 Å². The molecule has 152 valence electrons. The van der Waals surface area contributed by atoms with Gasteiger partial charge in [-0.2, -0.15) is 0 Å². The summed E-state index contributed by atoms with van der Waals surface area (Å²) in [6.45, 7) is 1.54. The zero-order chi connectivity index (χ0) is 21.0. The van der Waals surface area contributed by atoms with Gasteiger partial charge in [0.15, 0.2) is 6.61 Å². The molecule has 2 aromatic rings. The minimum Gasteiger partial charge on any atom is -0.455 e. The van der Waals surface area contributed by atoms with Crippen molar-refractivity contribution in [3.63, 3.8) is 0 Å². The molecule has 0 aromatic heterocycles. The third-order valence-corrected chi connectivity index (χ3v) is 5.02. The number of anilines is 1. The number of nitrogens with one attached hydrogen (secondary N) is 1. The summed E-state index contributed by atoms with van der Waals surface area (Å²) in [5, 5.41) is 2.56. The van der Waals surface area contributed by atoms with Crippen molar-refractivity contribution in [2.45, 2.75) is 19.4 Å². The van der Waals surface area contributed by atoms with Crippen LogP contribution in [0, 0.1) is 11.7 Å². The van der Waals surface area contributed by atoms with E-state index in [2.05, 4.69) is 5.32 Å². The zero-order valence-corrected chi connectivity index (χ0v) is 16.5. The number of hydrogen-bond acceptors (Lipinski definition) is 4. The average molecular weight is 419 g/mol. The first-order valence-electron chi connectivity index (χ1n) is 9.11. The van der Waals surface area contributed by atoms with Gasteiger partial charge >= 0.3 is 5.97 Å². The summed E-state index contributed by atoms with van der Waals surface area (Å²) < 4.78 is 18.7. The summed E-state index contributed by atoms with van der Waals surface area (Å²) in [5.74, 6) is -2.78. The van der Waals surface area contributed by atoms with Crippen LogP contribution in [0.25, 0.3) is 0 Å². The lowest BCUT2D eigenvalue weighted by atomic mass is 10.1. The Hall–Kier alpha value is -2.93. The van der Waals surface area contributed by atoms with E-state index in [0.717, 1.165) is 11.6 Å². The van der Waals surface area contributed by atoms with Crippen molar-refractivity contribution in [1.82, 2.24) is 4.90 Å². The molecule has 29 heavy (non-hydrogen) atoms. The monoisotopic (exact) mass is 418 g/mol. The Bertz CT molecular complexity index is 922. The number of esters is 1. The molecule has 6 nitrogen and oxygen atoms in total. The smallest absolute Gasteiger partial charge is 0.311 e. The second-order valence-corrected chi connectivity index (χ2v) is 7.25. The predicted octanol–water partition coefficient (Wildman–Crippen LogP) is 3.57. The lowest BCUT2D eigenvalue weighted by molar-refractivity contribution is -0.151. The number of benzene rings is 2. The van der Waals surface area contributed by atoms with Gasteiger partial charge in [-0.1, -0.05) is 41.9 Å². The highest BCUT2D eigenvalue weighted by molar-refractivity contribution is 6.30. The first-order chi connectivity index (χ1) is 13.8. The van der Waals surface area contributed by atoms with Crippen LogP contribution in [0.3, 0.4) is 0 Å². The fraction of sp³-hybridized carbons (Fsp3) is 0.286. The number of hydrogen-bond donors (Lipinski definition) is 1. The number of ether oxygens (including phenoxy) is 1. The lowest BCUT2D eigenvalue weighted by Gasteiger charge is -2.25. The number of rotatable bonds is 6. The van der Waals surface area contributed by atoms with Gasteiger partial charge in [0.05, 0.1) is 17.6 Å². The van der Waals surface area contributed by atoms with E-state index < -0.39 is 30.2 Å². The molecule has 2 amide bonds. The van der Waals surface area contributed by atoms with Crippen LogP contribution in [-0.2, 0) is 19.1 Å². The molecular formula is C21H20ClFN2O4. The quantitative estimate of drug-likeness (QED) is 0.728. The highest BCUT2D eigenvalue weighted by Crippen LogP contribution is 2.29. The molecule has 1 heterocycles. The molecule has 0 aliphatic carbocycles. The van der Waals surface area contributed by atoms with Gasteiger partial charge in [-0.05, 0) is 30.7 Å². The highest BCUT2D eigenvalue weighted by Gasteiger charge is 2.38. The van der Waals surface area contributed by atoms with Crippen LogP contribution in [-0.4, -0.2) is 35.8 Å². The molecule has 1 fully saturated rings. The maximum Gasteiger partial charge on any atom is 0.311 e. The van der Waals surface area contributed by atoms with Crippen molar-refractivity contribution in [3.05, 3.63) is 64.9 Å². The van der Waals surface area contributed by atoms with Crippen LogP contribution < -0.4 is 5.32 Å². The minimum atomic E-state index is -0.696. The van der Waals surface area contributed by atoms with Crippen LogP contribution in [0.1, 0.15) is 24.9 Å². The van der Waals surface area contributed by atoms with Gasteiger partial charge in [-0.3, -0.25) is 14.4 Å². The fourth-order valence-corrected chi connectivity index (χ4v) is 3.38. The zero-order valence-electron chi connectivity index (χ0n) is 15.7. The number of likely N-dealkylation sites (tertiary alicyclic amines) is 1. The van der Waals surface area contributed by atoms with Gasteiger partial charge in [0.2, 0.25) is 5.91 Å². The summed E-state index contributed by atoms with van der Waals surface area (Å²) in [7, 11) is 0. The lowest BCUT2D eigenvalue weighted by Crippen LogP contribution is -2.30. The molecular weight excluding hydrogens is 399 g/mol. The van der Waals surface area contributed by atoms with E-state index in [-0.39, 0.29) is 35.6 Å². The summed E-state index contributed by atoms with van der Waals surface area (Å²) in [6, 6.07) is 13.1. The van der Waals surface area contributed by atoms with Gasteiger partial charge in [-0.15, -0.1) is 0 Å². The van der Waals surface area contributed by atoms with Crippen LogP contribution in [0.2, 0.25) is 5.02 Å². The van der Waals surface area contributed by atoms with E-state index in [1.54, 1.807) is 4.90 Å². The van der Waals surface area contributed by atoms with Gasteiger partial charge < -0.3 is 15.0 Å². The highest BCUT2D eigenvalue weighted by atomic mass is 35.5. The van der Waals surface area contributed by atoms with Crippen molar-refractivity contribution >= 4 is 35.1 Å². The molecule has 1 aliphatic heterocycles. The van der Waals surface area contributed by atoms with E-state index >= 15 is 0 Å². The van der Waals surface area contributed by atoms with Crippen LogP contribution in [0.5, 0.6) is 0 Å². The van der Waals surface area contributed by atoms with E-state index in [0.29, 0.717) is 0 Å². The van der Waals surface area contributed by atoms with Crippen LogP contribution in [0.4, 0.5) is 10.1 Å². The Morgan fingerprint density at radius 1 is 1.28 bits per heavy atom. The van der Waals surface area contributed by atoms with Gasteiger partial charge in [0.25, 0.3) is 5.91 Å². The maximum atomic E-state index is 13.7. The second kappa shape index (κ2) is 9.05. The molecule has 1 aliphatic rings. The van der Waals surface area contributed by atoms with Crippen molar-refractivity contribution in [2.75, 3.05) is 18.5 Å². The summed E-state index contributed by atoms with van der Waals surface area (Å²) in [5.41, 5.74) is 0.871. The summed E-state index contributed by atoms with van der Waals surface area (Å²) in [4.78, 5) is 38.2. The number of carbonyl (C=O) groups is 3. The molecule has 2 atom stereocenters. The molecule has 1 N–H and O–H groups in total. The molecule has 0 spiro atoms. The summed E-state index contributed by atoms with van der Waals surface area (Å²) in [6.07, 6.45) is 0.0283. The SMILES string of the molecule is C[C@@H](c1ccccc1)N1C[C@@H](C(=O)OCC(=O)Nc2cc(Cl)ccc2F)CC1=O. The third-order valence-electron chi connectivity index (χ3n) is 4.79. The molecule has 0 saturated carbocycles. The van der Waals surface area contributed by atoms with E-state index in [9.17, 15) is 18.8 Å². The molecule has 2 aromatic carbocycles. The van der Waals surface area contributed by atoms with Crippen molar-refractivity contribution in [1.29, 1.82) is 0 Å². The van der Waals surface area contributed by atoms with Crippen molar-refractivity contribution < 1.29 is 23.5 Å². The summed E-state index contributed by atoms with van der Waals surface area (Å²) >= 11 is 5.77. The number of nitrogens with zero attached hydrogens (tertiary/aromatic N) is 1. The van der Waals surface area contributed by atoms with Crippen LogP contribution in [0.15, 0.2) is 48.5 Å². The van der Waals surface area contributed by atoms with Crippen LogP contribution >= 0.6 is 11.6 Å². The standard InChI is InChI=1S/C21H20ClFN2O4/c1-13(14-5-3-2-4-6-14)25-11-15(9-20(25)27)21(28)29-12-19(26)24-18-10-16(22)7-8-17(18)23/h2-8,10,13,15H,9,11-12H2,1H3,(H,24,26)/t13-,15-/m0/s1. The maximum absolute atomic E-state index is 13.7. The molecule has 0 radical (unpaired) electrons. The van der Waals surface area contributed by atoms with Crippen molar-refractivity contribution in [3.8, 4) is 0 Å². The Morgan fingerprint density at radius 2 is 2.00 bits per heavy atom. The predicted molar refractivity (Wildman–Crippen MR) is 106 cm³/mol. The van der Waals surface area contributed by atoms with E-state index in [4.69, 9.17) is 16.3 Å². The molecule has 1 saturated heterocycles. The van der Waals surface area contributed by atoms with E-state index in [1.165, 1.54) is 12.1 Å². The number of amides is 2. The Morgan fingerprint density at radius 3 is 2.72 bits per heavy atom. The normalized spacial score (nSPS) is 17.1. The fourth-order valence-electron chi connectivity index (χ4n) is 3.21. The van der Waals surface area contributed by atoms with Gasteiger partial charge in [-0.25, -0.2) is 4.39 Å². The molecule has 8 heteroatoms. The van der Waals surface area contributed by atoms with E-state index in [1.807, 2.05) is 37.3 Å². The Kier molecular flexibility index (Phi) is 6.49. The third kappa shape index (κ3) is 5.12. The Labute approximate surface area is 172 Å². The first-order valence-corrected chi connectivity index (χ1v) is 9.49.